The quantitative estimate of drug-likeness (QED) is 0.890. The Bertz CT molecular complexity index is 571. The number of aromatic nitrogens is 2. The van der Waals surface area contributed by atoms with Crippen LogP contribution in [0.1, 0.15) is 18.4 Å². The molecular weight excluding hydrogens is 298 g/mol. The van der Waals surface area contributed by atoms with E-state index in [1.165, 1.54) is 11.3 Å². The summed E-state index contributed by atoms with van der Waals surface area (Å²) < 4.78 is 5.34. The van der Waals surface area contributed by atoms with Gasteiger partial charge in [0.1, 0.15) is 10.8 Å². The molecular formula is C13H14ClN3O2S. The van der Waals surface area contributed by atoms with Gasteiger partial charge < -0.3 is 4.74 Å². The van der Waals surface area contributed by atoms with Crippen molar-refractivity contribution in [1.82, 2.24) is 10.2 Å². The lowest BCUT2D eigenvalue weighted by Crippen LogP contribution is -2.20. The number of anilines is 1. The predicted octanol–water partition coefficient (Wildman–Crippen LogP) is 3.16. The van der Waals surface area contributed by atoms with Crippen LogP contribution in [0, 0.1) is 0 Å². The molecule has 1 N–H and O–H groups in total. The van der Waals surface area contributed by atoms with Crippen molar-refractivity contribution in [1.29, 1.82) is 0 Å². The first kappa shape index (κ1) is 14.7. The summed E-state index contributed by atoms with van der Waals surface area (Å²) in [4.78, 5) is 11.7. The van der Waals surface area contributed by atoms with Gasteiger partial charge in [0.05, 0.1) is 0 Å². The number of nitrogens with one attached hydrogen (secondary N) is 1. The van der Waals surface area contributed by atoms with E-state index in [9.17, 15) is 4.79 Å². The second kappa shape index (κ2) is 7.21. The standard InChI is InChI=1S/C13H14ClN3O2S/c1-2-3-12-16-17-13(20-12)15-11(18)8-19-10-6-4-9(14)5-7-10/h4-7H,2-3,8H2,1H3,(H,15,17,18). The minimum Gasteiger partial charge on any atom is -0.484 e. The average molecular weight is 312 g/mol. The normalized spacial score (nSPS) is 10.3. The molecule has 1 aromatic heterocycles. The number of aryl methyl sites for hydroxylation is 1. The van der Waals surface area contributed by atoms with Gasteiger partial charge in [-0.25, -0.2) is 0 Å². The molecule has 0 fully saturated rings. The highest BCUT2D eigenvalue weighted by Gasteiger charge is 2.08. The lowest BCUT2D eigenvalue weighted by atomic mass is 10.3. The van der Waals surface area contributed by atoms with E-state index in [4.69, 9.17) is 16.3 Å². The summed E-state index contributed by atoms with van der Waals surface area (Å²) in [7, 11) is 0. The van der Waals surface area contributed by atoms with E-state index in [0.717, 1.165) is 17.8 Å². The maximum atomic E-state index is 11.7. The minimum atomic E-state index is -0.265. The van der Waals surface area contributed by atoms with Crippen molar-refractivity contribution in [3.8, 4) is 5.75 Å². The fraction of sp³-hybridized carbons (Fsp3) is 0.308. The van der Waals surface area contributed by atoms with Crippen molar-refractivity contribution in [3.63, 3.8) is 0 Å². The molecule has 20 heavy (non-hydrogen) atoms. The summed E-state index contributed by atoms with van der Waals surface area (Å²) in [6, 6.07) is 6.83. The van der Waals surface area contributed by atoms with Crippen LogP contribution in [0.3, 0.4) is 0 Å². The third-order valence-electron chi connectivity index (χ3n) is 2.36. The number of carbonyl (C=O) groups is 1. The monoisotopic (exact) mass is 311 g/mol. The first-order valence-corrected chi connectivity index (χ1v) is 7.37. The SMILES string of the molecule is CCCc1nnc(NC(=O)COc2ccc(Cl)cc2)s1. The van der Waals surface area contributed by atoms with Gasteiger partial charge in [-0.05, 0) is 30.7 Å². The molecule has 0 atom stereocenters. The number of amides is 1. The van der Waals surface area contributed by atoms with E-state index < -0.39 is 0 Å². The second-order valence-corrected chi connectivity index (χ2v) is 5.54. The molecule has 0 aliphatic heterocycles. The van der Waals surface area contributed by atoms with E-state index in [1.54, 1.807) is 24.3 Å². The highest BCUT2D eigenvalue weighted by atomic mass is 35.5. The molecule has 0 aliphatic rings. The molecule has 0 spiro atoms. The predicted molar refractivity (Wildman–Crippen MR) is 79.5 cm³/mol. The van der Waals surface area contributed by atoms with E-state index in [-0.39, 0.29) is 12.5 Å². The molecule has 106 valence electrons. The number of ether oxygens (including phenoxy) is 1. The fourth-order valence-electron chi connectivity index (χ4n) is 1.45. The zero-order chi connectivity index (χ0) is 14.4. The smallest absolute Gasteiger partial charge is 0.264 e. The lowest BCUT2D eigenvalue weighted by Gasteiger charge is -2.05. The molecule has 5 nitrogen and oxygen atoms in total. The van der Waals surface area contributed by atoms with Crippen molar-refractivity contribution in [2.75, 3.05) is 11.9 Å². The summed E-state index contributed by atoms with van der Waals surface area (Å²) in [5, 5.41) is 12.6. The van der Waals surface area contributed by atoms with Crippen LogP contribution in [0.15, 0.2) is 24.3 Å². The fourth-order valence-corrected chi connectivity index (χ4v) is 2.44. The molecule has 1 amide bonds. The summed E-state index contributed by atoms with van der Waals surface area (Å²) in [6.45, 7) is 1.99. The molecule has 1 aromatic carbocycles. The number of nitrogens with zero attached hydrogens (tertiary/aromatic N) is 2. The van der Waals surface area contributed by atoms with E-state index in [0.29, 0.717) is 15.9 Å². The number of carbonyl (C=O) groups excluding carboxylic acids is 1. The first-order chi connectivity index (χ1) is 9.67. The van der Waals surface area contributed by atoms with Gasteiger partial charge in [0, 0.05) is 11.4 Å². The van der Waals surface area contributed by atoms with Gasteiger partial charge in [0.15, 0.2) is 6.61 Å². The van der Waals surface area contributed by atoms with E-state index in [1.807, 2.05) is 0 Å². The Balaban J connectivity index is 1.81. The number of benzene rings is 1. The number of halogens is 1. The van der Waals surface area contributed by atoms with Crippen LogP contribution in [0.2, 0.25) is 5.02 Å². The van der Waals surface area contributed by atoms with Crippen molar-refractivity contribution in [2.24, 2.45) is 0 Å². The summed E-state index contributed by atoms with van der Waals surface area (Å²) in [6.07, 6.45) is 1.87. The zero-order valence-corrected chi connectivity index (χ0v) is 12.5. The van der Waals surface area contributed by atoms with Gasteiger partial charge in [0.25, 0.3) is 5.91 Å². The second-order valence-electron chi connectivity index (χ2n) is 4.04. The summed E-state index contributed by atoms with van der Waals surface area (Å²) in [5.41, 5.74) is 0. The molecule has 0 unspecified atom stereocenters. The Labute approximate surface area is 125 Å². The molecule has 0 bridgehead atoms. The maximum Gasteiger partial charge on any atom is 0.264 e. The molecule has 2 aromatic rings. The van der Waals surface area contributed by atoms with Crippen LogP contribution in [-0.2, 0) is 11.2 Å². The Hall–Kier alpha value is -1.66. The number of hydrogen-bond donors (Lipinski definition) is 1. The van der Waals surface area contributed by atoms with Crippen molar-refractivity contribution >= 4 is 34.0 Å². The third-order valence-corrected chi connectivity index (χ3v) is 3.51. The van der Waals surface area contributed by atoms with Gasteiger partial charge in [-0.2, -0.15) is 0 Å². The Morgan fingerprint density at radius 1 is 1.35 bits per heavy atom. The zero-order valence-electron chi connectivity index (χ0n) is 10.9. The topological polar surface area (TPSA) is 64.1 Å². The van der Waals surface area contributed by atoms with Crippen LogP contribution in [0.25, 0.3) is 0 Å². The van der Waals surface area contributed by atoms with Crippen molar-refractivity contribution in [3.05, 3.63) is 34.3 Å². The Morgan fingerprint density at radius 3 is 2.80 bits per heavy atom. The molecule has 7 heteroatoms. The largest absolute Gasteiger partial charge is 0.484 e. The van der Waals surface area contributed by atoms with Gasteiger partial charge in [-0.1, -0.05) is 29.9 Å². The molecule has 0 saturated heterocycles. The average Bonchev–Trinajstić information content (AvgIpc) is 2.86. The van der Waals surface area contributed by atoms with Gasteiger partial charge in [-0.15, -0.1) is 10.2 Å². The van der Waals surface area contributed by atoms with Crippen LogP contribution in [-0.4, -0.2) is 22.7 Å². The first-order valence-electron chi connectivity index (χ1n) is 6.18. The molecule has 1 heterocycles. The molecule has 0 saturated carbocycles. The molecule has 0 aliphatic carbocycles. The van der Waals surface area contributed by atoms with Gasteiger partial charge in [-0.3, -0.25) is 10.1 Å². The van der Waals surface area contributed by atoms with E-state index >= 15 is 0 Å². The molecule has 2 rings (SSSR count). The van der Waals surface area contributed by atoms with Crippen LogP contribution < -0.4 is 10.1 Å². The lowest BCUT2D eigenvalue weighted by molar-refractivity contribution is -0.118. The maximum absolute atomic E-state index is 11.7. The van der Waals surface area contributed by atoms with Crippen LogP contribution >= 0.6 is 22.9 Å². The van der Waals surface area contributed by atoms with Crippen LogP contribution in [0.4, 0.5) is 5.13 Å². The third kappa shape index (κ3) is 4.47. The highest BCUT2D eigenvalue weighted by Crippen LogP contribution is 2.17. The highest BCUT2D eigenvalue weighted by molar-refractivity contribution is 7.15. The Kier molecular flexibility index (Phi) is 5.31. The van der Waals surface area contributed by atoms with Crippen molar-refractivity contribution in [2.45, 2.75) is 19.8 Å². The van der Waals surface area contributed by atoms with Crippen LogP contribution in [0.5, 0.6) is 5.75 Å². The molecule has 0 radical (unpaired) electrons. The summed E-state index contributed by atoms with van der Waals surface area (Å²) in [5.74, 6) is 0.327. The number of rotatable bonds is 6. The van der Waals surface area contributed by atoms with Crippen molar-refractivity contribution < 1.29 is 9.53 Å². The number of hydrogen-bond acceptors (Lipinski definition) is 5. The Morgan fingerprint density at radius 2 is 2.10 bits per heavy atom. The summed E-state index contributed by atoms with van der Waals surface area (Å²) >= 11 is 7.14. The van der Waals surface area contributed by atoms with Gasteiger partial charge in [0.2, 0.25) is 5.13 Å². The van der Waals surface area contributed by atoms with Gasteiger partial charge >= 0.3 is 0 Å². The minimum absolute atomic E-state index is 0.0790. The van der Waals surface area contributed by atoms with E-state index in [2.05, 4.69) is 22.4 Å².